The summed E-state index contributed by atoms with van der Waals surface area (Å²) in [6.45, 7) is 3.58. The molecule has 0 saturated heterocycles. The van der Waals surface area contributed by atoms with Crippen LogP contribution in [-0.4, -0.2) is 20.7 Å². The Balaban J connectivity index is 1.75. The van der Waals surface area contributed by atoms with E-state index < -0.39 is 5.95 Å². The Labute approximate surface area is 156 Å². The molecule has 0 saturated carbocycles. The number of halogens is 1. The Morgan fingerprint density at radius 1 is 1.30 bits per heavy atom. The van der Waals surface area contributed by atoms with Crippen LogP contribution in [0.15, 0.2) is 55.5 Å². The fourth-order valence-electron chi connectivity index (χ4n) is 3.84. The molecule has 4 rings (SSSR count). The predicted molar refractivity (Wildman–Crippen MR) is 104 cm³/mol. The molecular formula is C22H20FN3O. The molecule has 0 amide bonds. The Morgan fingerprint density at radius 3 is 2.96 bits per heavy atom. The lowest BCUT2D eigenvalue weighted by Crippen LogP contribution is -2.11. The third-order valence-corrected chi connectivity index (χ3v) is 5.15. The summed E-state index contributed by atoms with van der Waals surface area (Å²) in [5.41, 5.74) is 4.91. The summed E-state index contributed by atoms with van der Waals surface area (Å²) in [7, 11) is 0. The first-order valence-corrected chi connectivity index (χ1v) is 9.08. The van der Waals surface area contributed by atoms with Crippen LogP contribution in [0.1, 0.15) is 31.2 Å². The van der Waals surface area contributed by atoms with Gasteiger partial charge in [-0.3, -0.25) is 4.79 Å². The lowest BCUT2D eigenvalue weighted by Gasteiger charge is -2.22. The molecule has 1 atom stereocenters. The first kappa shape index (κ1) is 17.3. The number of nitrogens with one attached hydrogen (secondary N) is 1. The van der Waals surface area contributed by atoms with Crippen molar-refractivity contribution in [1.82, 2.24) is 15.0 Å². The highest BCUT2D eigenvalue weighted by Crippen LogP contribution is 2.38. The number of fused-ring (bicyclic) bond motifs is 1. The van der Waals surface area contributed by atoms with Crippen molar-refractivity contribution in [2.24, 2.45) is 5.92 Å². The number of carbonyl (C=O) groups excluding carboxylic acids is 1. The van der Waals surface area contributed by atoms with E-state index in [1.165, 1.54) is 23.9 Å². The summed E-state index contributed by atoms with van der Waals surface area (Å²) in [6.07, 6.45) is 12.2. The minimum absolute atomic E-state index is 0.0980. The van der Waals surface area contributed by atoms with Crippen LogP contribution in [0, 0.1) is 11.9 Å². The van der Waals surface area contributed by atoms with Gasteiger partial charge in [-0.25, -0.2) is 9.97 Å². The van der Waals surface area contributed by atoms with Crippen molar-refractivity contribution in [3.05, 3.63) is 67.0 Å². The largest absolute Gasteiger partial charge is 0.345 e. The number of nitrogens with zero attached hydrogens (tertiary/aromatic N) is 2. The zero-order valence-corrected chi connectivity index (χ0v) is 14.9. The highest BCUT2D eigenvalue weighted by atomic mass is 19.1. The van der Waals surface area contributed by atoms with Crippen molar-refractivity contribution in [2.45, 2.75) is 25.7 Å². The number of carbonyl (C=O) groups is 1. The maximum atomic E-state index is 13.2. The molecule has 5 heteroatoms. The van der Waals surface area contributed by atoms with Crippen molar-refractivity contribution < 1.29 is 9.18 Å². The highest BCUT2D eigenvalue weighted by molar-refractivity contribution is 6.01. The second kappa shape index (κ2) is 7.27. The maximum Gasteiger partial charge on any atom is 0.212 e. The zero-order valence-electron chi connectivity index (χ0n) is 14.9. The van der Waals surface area contributed by atoms with E-state index in [0.29, 0.717) is 12.3 Å². The van der Waals surface area contributed by atoms with E-state index in [1.807, 2.05) is 12.3 Å². The van der Waals surface area contributed by atoms with Crippen LogP contribution in [0.3, 0.4) is 0 Å². The first-order valence-electron chi connectivity index (χ1n) is 9.08. The summed E-state index contributed by atoms with van der Waals surface area (Å²) in [6, 6.07) is 5.10. The standard InChI is InChI=1S/C22H20FN3O/c1-2-17(27)11-14-4-3-5-15(10-14)18-8-9-24-22-21(18)19(13-26-22)16-6-7-20(23)25-12-16/h2,5-9,12-14H,1,3-4,10-11H2,(H,24,26). The van der Waals surface area contributed by atoms with Gasteiger partial charge in [0.1, 0.15) is 5.65 Å². The fourth-order valence-corrected chi connectivity index (χ4v) is 3.84. The molecule has 1 aliphatic rings. The van der Waals surface area contributed by atoms with E-state index in [1.54, 1.807) is 12.3 Å². The summed E-state index contributed by atoms with van der Waals surface area (Å²) in [4.78, 5) is 23.2. The first-order chi connectivity index (χ1) is 13.2. The fraction of sp³-hybridized carbons (Fsp3) is 0.227. The molecule has 3 aromatic heterocycles. The van der Waals surface area contributed by atoms with E-state index >= 15 is 0 Å². The molecule has 4 nitrogen and oxygen atoms in total. The number of allylic oxidation sites excluding steroid dienone is 3. The molecule has 0 radical (unpaired) electrons. The number of pyridine rings is 2. The summed E-state index contributed by atoms with van der Waals surface area (Å²) >= 11 is 0. The van der Waals surface area contributed by atoms with Crippen LogP contribution in [-0.2, 0) is 4.79 Å². The Bertz CT molecular complexity index is 1030. The van der Waals surface area contributed by atoms with E-state index in [0.717, 1.165) is 47.0 Å². The lowest BCUT2D eigenvalue weighted by atomic mass is 9.82. The molecule has 3 heterocycles. The van der Waals surface area contributed by atoms with Gasteiger partial charge >= 0.3 is 0 Å². The number of aromatic nitrogens is 3. The molecule has 1 N–H and O–H groups in total. The van der Waals surface area contributed by atoms with Gasteiger partial charge in [0.15, 0.2) is 5.78 Å². The average Bonchev–Trinajstić information content (AvgIpc) is 3.13. The quantitative estimate of drug-likeness (QED) is 0.508. The van der Waals surface area contributed by atoms with Crippen molar-refractivity contribution in [3.63, 3.8) is 0 Å². The molecule has 1 unspecified atom stereocenters. The SMILES string of the molecule is C=CC(=O)CC1CCC=C(c2ccnc3[nH]cc(-c4ccc(F)nc4)c23)C1. The zero-order chi connectivity index (χ0) is 18.8. The molecule has 0 fully saturated rings. The monoisotopic (exact) mass is 361 g/mol. The van der Waals surface area contributed by atoms with Gasteiger partial charge in [-0.2, -0.15) is 4.39 Å². The van der Waals surface area contributed by atoms with E-state index in [2.05, 4.69) is 27.6 Å². The number of aromatic amines is 1. The van der Waals surface area contributed by atoms with E-state index in [9.17, 15) is 9.18 Å². The number of hydrogen-bond acceptors (Lipinski definition) is 3. The van der Waals surface area contributed by atoms with Gasteiger partial charge in [-0.15, -0.1) is 0 Å². The number of hydrogen-bond donors (Lipinski definition) is 1. The van der Waals surface area contributed by atoms with Crippen LogP contribution in [0.5, 0.6) is 0 Å². The van der Waals surface area contributed by atoms with Crippen LogP contribution >= 0.6 is 0 Å². The Kier molecular flexibility index (Phi) is 4.67. The Hall–Kier alpha value is -3.08. The van der Waals surface area contributed by atoms with Crippen molar-refractivity contribution in [2.75, 3.05) is 0 Å². The third kappa shape index (κ3) is 3.45. The second-order valence-electron chi connectivity index (χ2n) is 6.91. The third-order valence-electron chi connectivity index (χ3n) is 5.15. The van der Waals surface area contributed by atoms with Gasteiger partial charge in [0.2, 0.25) is 5.95 Å². The maximum absolute atomic E-state index is 13.2. The molecule has 0 aliphatic heterocycles. The lowest BCUT2D eigenvalue weighted by molar-refractivity contribution is -0.115. The molecule has 27 heavy (non-hydrogen) atoms. The summed E-state index contributed by atoms with van der Waals surface area (Å²) < 4.78 is 13.2. The normalized spacial score (nSPS) is 16.9. The molecule has 3 aromatic rings. The van der Waals surface area contributed by atoms with Gasteiger partial charge < -0.3 is 4.98 Å². The second-order valence-corrected chi connectivity index (χ2v) is 6.91. The summed E-state index contributed by atoms with van der Waals surface area (Å²) in [5, 5.41) is 1.01. The molecular weight excluding hydrogens is 341 g/mol. The van der Waals surface area contributed by atoms with E-state index in [-0.39, 0.29) is 5.78 Å². The Morgan fingerprint density at radius 2 is 2.19 bits per heavy atom. The topological polar surface area (TPSA) is 58.6 Å². The minimum atomic E-state index is -0.498. The predicted octanol–water partition coefficient (Wildman–Crippen LogP) is 5.09. The number of H-pyrrole nitrogens is 1. The van der Waals surface area contributed by atoms with Crippen molar-refractivity contribution in [3.8, 4) is 11.1 Å². The van der Waals surface area contributed by atoms with Gasteiger partial charge in [-0.05, 0) is 60.6 Å². The van der Waals surface area contributed by atoms with Crippen molar-refractivity contribution >= 4 is 22.4 Å². The van der Waals surface area contributed by atoms with Crippen LogP contribution in [0.25, 0.3) is 27.7 Å². The number of rotatable bonds is 5. The van der Waals surface area contributed by atoms with Gasteiger partial charge in [0.25, 0.3) is 0 Å². The molecule has 136 valence electrons. The average molecular weight is 361 g/mol. The minimum Gasteiger partial charge on any atom is -0.345 e. The molecule has 0 aromatic carbocycles. The summed E-state index contributed by atoms with van der Waals surface area (Å²) in [5.74, 6) is -0.0731. The van der Waals surface area contributed by atoms with Crippen LogP contribution in [0.4, 0.5) is 4.39 Å². The van der Waals surface area contributed by atoms with Crippen LogP contribution in [0.2, 0.25) is 0 Å². The van der Waals surface area contributed by atoms with Gasteiger partial charge in [0.05, 0.1) is 0 Å². The molecule has 0 spiro atoms. The molecule has 0 bridgehead atoms. The van der Waals surface area contributed by atoms with Gasteiger partial charge in [0, 0.05) is 41.5 Å². The highest BCUT2D eigenvalue weighted by Gasteiger charge is 2.21. The van der Waals surface area contributed by atoms with Gasteiger partial charge in [-0.1, -0.05) is 12.7 Å². The van der Waals surface area contributed by atoms with Crippen molar-refractivity contribution in [1.29, 1.82) is 0 Å². The smallest absolute Gasteiger partial charge is 0.212 e. The molecule has 1 aliphatic carbocycles. The van der Waals surface area contributed by atoms with E-state index in [4.69, 9.17) is 0 Å². The number of ketones is 1. The van der Waals surface area contributed by atoms with Crippen LogP contribution < -0.4 is 0 Å².